The Morgan fingerprint density at radius 2 is 2.31 bits per heavy atom. The van der Waals surface area contributed by atoms with Crippen LogP contribution in [-0.4, -0.2) is 23.3 Å². The molecule has 16 heavy (non-hydrogen) atoms. The van der Waals surface area contributed by atoms with E-state index in [1.807, 2.05) is 20.8 Å². The first-order chi connectivity index (χ1) is 7.61. The number of ether oxygens (including phenoxy) is 1. The molecule has 1 heterocycles. The molecule has 1 aliphatic rings. The van der Waals surface area contributed by atoms with Crippen LogP contribution in [0.25, 0.3) is 0 Å². The van der Waals surface area contributed by atoms with Crippen LogP contribution < -0.4 is 0 Å². The third-order valence-corrected chi connectivity index (χ3v) is 2.58. The van der Waals surface area contributed by atoms with Crippen LogP contribution >= 0.6 is 0 Å². The lowest BCUT2D eigenvalue weighted by atomic mass is 10.1. The molecule has 0 aromatic heterocycles. The Morgan fingerprint density at radius 1 is 1.62 bits per heavy atom. The normalized spacial score (nSPS) is 19.6. The number of aldehydes is 1. The van der Waals surface area contributed by atoms with Gasteiger partial charge in [0.1, 0.15) is 6.26 Å². The largest absolute Gasteiger partial charge is 0.469 e. The number of nitrogens with zero attached hydrogens (tertiary/aromatic N) is 1. The molecule has 0 saturated heterocycles. The molecule has 0 aromatic carbocycles. The van der Waals surface area contributed by atoms with E-state index in [1.54, 1.807) is 0 Å². The molecule has 90 valence electrons. The minimum Gasteiger partial charge on any atom is -0.469 e. The van der Waals surface area contributed by atoms with Crippen molar-refractivity contribution in [3.05, 3.63) is 12.0 Å². The Bertz CT molecular complexity index is 297. The van der Waals surface area contributed by atoms with E-state index >= 15 is 0 Å². The van der Waals surface area contributed by atoms with Crippen molar-refractivity contribution in [3.63, 3.8) is 0 Å². The summed E-state index contributed by atoms with van der Waals surface area (Å²) >= 11 is 0. The maximum absolute atomic E-state index is 11.9. The molecule has 1 aliphatic heterocycles. The van der Waals surface area contributed by atoms with Crippen LogP contribution in [0.2, 0.25) is 0 Å². The first-order valence-electron chi connectivity index (χ1n) is 5.74. The van der Waals surface area contributed by atoms with E-state index in [4.69, 9.17) is 4.74 Å². The van der Waals surface area contributed by atoms with Crippen LogP contribution in [-0.2, 0) is 14.3 Å². The summed E-state index contributed by atoms with van der Waals surface area (Å²) in [7, 11) is 0. The zero-order chi connectivity index (χ0) is 12.1. The monoisotopic (exact) mass is 225 g/mol. The zero-order valence-corrected chi connectivity index (χ0v) is 10.1. The van der Waals surface area contributed by atoms with Crippen LogP contribution in [0.1, 0.15) is 40.0 Å². The molecule has 0 bridgehead atoms. The lowest BCUT2D eigenvalue weighted by molar-refractivity contribution is -0.140. The fraction of sp³-hybridized carbons (Fsp3) is 0.667. The number of carbonyl (C=O) groups excluding carboxylic acids is 2. The second-order valence-corrected chi connectivity index (χ2v) is 4.23. The SMILES string of the molecule is CCCCC(=O)N1C(C(C)C)=CO[C@H]1C=O. The van der Waals surface area contributed by atoms with Crippen LogP contribution in [0.4, 0.5) is 0 Å². The number of hydrogen-bond acceptors (Lipinski definition) is 3. The summed E-state index contributed by atoms with van der Waals surface area (Å²) in [5, 5.41) is 0. The minimum atomic E-state index is -0.762. The number of hydrogen-bond donors (Lipinski definition) is 0. The van der Waals surface area contributed by atoms with Gasteiger partial charge >= 0.3 is 0 Å². The summed E-state index contributed by atoms with van der Waals surface area (Å²) in [6.45, 7) is 5.98. The highest BCUT2D eigenvalue weighted by molar-refractivity contribution is 5.81. The summed E-state index contributed by atoms with van der Waals surface area (Å²) in [5.74, 6) is 0.145. The number of rotatable bonds is 5. The predicted octanol–water partition coefficient (Wildman–Crippen LogP) is 2.06. The molecule has 4 nitrogen and oxygen atoms in total. The molecule has 0 radical (unpaired) electrons. The maximum atomic E-state index is 11.9. The van der Waals surface area contributed by atoms with Crippen molar-refractivity contribution in [1.82, 2.24) is 4.90 Å². The number of carbonyl (C=O) groups is 2. The molecule has 0 N–H and O–H groups in total. The highest BCUT2D eigenvalue weighted by Crippen LogP contribution is 2.26. The Labute approximate surface area is 96.3 Å². The average molecular weight is 225 g/mol. The van der Waals surface area contributed by atoms with Gasteiger partial charge in [0.2, 0.25) is 12.1 Å². The van der Waals surface area contributed by atoms with E-state index in [0.29, 0.717) is 12.7 Å². The zero-order valence-electron chi connectivity index (χ0n) is 10.1. The highest BCUT2D eigenvalue weighted by Gasteiger charge is 2.33. The molecular weight excluding hydrogens is 206 g/mol. The van der Waals surface area contributed by atoms with Gasteiger partial charge in [-0.15, -0.1) is 0 Å². The van der Waals surface area contributed by atoms with Gasteiger partial charge in [-0.05, 0) is 12.3 Å². The first-order valence-corrected chi connectivity index (χ1v) is 5.74. The van der Waals surface area contributed by atoms with Gasteiger partial charge in [-0.1, -0.05) is 27.2 Å². The van der Waals surface area contributed by atoms with Crippen LogP contribution in [0, 0.1) is 5.92 Å². The summed E-state index contributed by atoms with van der Waals surface area (Å²) in [4.78, 5) is 24.2. The summed E-state index contributed by atoms with van der Waals surface area (Å²) in [6, 6.07) is 0. The van der Waals surface area contributed by atoms with Gasteiger partial charge in [0.25, 0.3) is 0 Å². The lowest BCUT2D eigenvalue weighted by Gasteiger charge is -2.24. The molecule has 1 rings (SSSR count). The first kappa shape index (κ1) is 12.7. The molecule has 0 unspecified atom stereocenters. The third kappa shape index (κ3) is 2.62. The van der Waals surface area contributed by atoms with E-state index in [0.717, 1.165) is 18.5 Å². The van der Waals surface area contributed by atoms with Crippen LogP contribution in [0.15, 0.2) is 12.0 Å². The van der Waals surface area contributed by atoms with Crippen molar-refractivity contribution in [2.75, 3.05) is 0 Å². The smallest absolute Gasteiger partial charge is 0.234 e. The number of amides is 1. The Hall–Kier alpha value is -1.32. The molecule has 1 amide bonds. The van der Waals surface area contributed by atoms with Gasteiger partial charge in [0.05, 0.1) is 5.70 Å². The summed E-state index contributed by atoms with van der Waals surface area (Å²) in [5.41, 5.74) is 0.790. The van der Waals surface area contributed by atoms with Gasteiger partial charge in [-0.3, -0.25) is 14.5 Å². The van der Waals surface area contributed by atoms with E-state index in [9.17, 15) is 9.59 Å². The Balaban J connectivity index is 2.74. The van der Waals surface area contributed by atoms with Crippen molar-refractivity contribution in [2.24, 2.45) is 5.92 Å². The molecular formula is C12H19NO3. The van der Waals surface area contributed by atoms with Gasteiger partial charge < -0.3 is 4.74 Å². The molecule has 0 fully saturated rings. The Morgan fingerprint density at radius 3 is 2.81 bits per heavy atom. The van der Waals surface area contributed by atoms with Crippen molar-refractivity contribution in [2.45, 2.75) is 46.3 Å². The van der Waals surface area contributed by atoms with Crippen molar-refractivity contribution in [1.29, 1.82) is 0 Å². The van der Waals surface area contributed by atoms with Crippen molar-refractivity contribution < 1.29 is 14.3 Å². The topological polar surface area (TPSA) is 46.6 Å². The second-order valence-electron chi connectivity index (χ2n) is 4.23. The van der Waals surface area contributed by atoms with E-state index in [2.05, 4.69) is 0 Å². The Kier molecular flexibility index (Phi) is 4.52. The van der Waals surface area contributed by atoms with Crippen molar-refractivity contribution >= 4 is 12.2 Å². The fourth-order valence-electron chi connectivity index (χ4n) is 1.65. The minimum absolute atomic E-state index is 0.0311. The van der Waals surface area contributed by atoms with Crippen LogP contribution in [0.5, 0.6) is 0 Å². The molecule has 0 saturated carbocycles. The molecule has 4 heteroatoms. The van der Waals surface area contributed by atoms with Gasteiger partial charge in [0, 0.05) is 6.42 Å². The average Bonchev–Trinajstić information content (AvgIpc) is 2.69. The fourth-order valence-corrected chi connectivity index (χ4v) is 1.65. The van der Waals surface area contributed by atoms with Gasteiger partial charge in [-0.2, -0.15) is 0 Å². The van der Waals surface area contributed by atoms with E-state index in [1.165, 1.54) is 11.2 Å². The molecule has 0 spiro atoms. The molecule has 1 atom stereocenters. The van der Waals surface area contributed by atoms with E-state index in [-0.39, 0.29) is 11.8 Å². The number of allylic oxidation sites excluding steroid dienone is 1. The highest BCUT2D eigenvalue weighted by atomic mass is 16.5. The standard InChI is InChI=1S/C12H19NO3/c1-4-5-6-11(15)13-10(9(2)3)8-16-12(13)7-14/h7-9,12H,4-6H2,1-3H3/t12-/m0/s1. The molecule has 0 aromatic rings. The second kappa shape index (κ2) is 5.68. The summed E-state index contributed by atoms with van der Waals surface area (Å²) in [6.07, 6.45) is 3.69. The molecule has 0 aliphatic carbocycles. The summed E-state index contributed by atoms with van der Waals surface area (Å²) < 4.78 is 5.16. The quantitative estimate of drug-likeness (QED) is 0.673. The third-order valence-electron chi connectivity index (χ3n) is 2.58. The van der Waals surface area contributed by atoms with Gasteiger partial charge in [0.15, 0.2) is 6.29 Å². The maximum Gasteiger partial charge on any atom is 0.234 e. The van der Waals surface area contributed by atoms with Crippen LogP contribution in [0.3, 0.4) is 0 Å². The predicted molar refractivity (Wildman–Crippen MR) is 60.2 cm³/mol. The lowest BCUT2D eigenvalue weighted by Crippen LogP contribution is -2.38. The van der Waals surface area contributed by atoms with E-state index < -0.39 is 6.23 Å². The number of unbranched alkanes of at least 4 members (excludes halogenated alkanes) is 1. The van der Waals surface area contributed by atoms with Crippen molar-refractivity contribution in [3.8, 4) is 0 Å². The van der Waals surface area contributed by atoms with Gasteiger partial charge in [-0.25, -0.2) is 0 Å².